The largest absolute Gasteiger partial charge is 0.457 e. The first-order valence-electron chi connectivity index (χ1n) is 5.93. The molecule has 2 N–H and O–H groups in total. The summed E-state index contributed by atoms with van der Waals surface area (Å²) in [5.41, 5.74) is 8.31. The molecular weight excluding hydrogens is 258 g/mol. The van der Waals surface area contributed by atoms with Gasteiger partial charge in [-0.3, -0.25) is 0 Å². The first-order valence-corrected chi connectivity index (χ1v) is 6.31. The highest BCUT2D eigenvalue weighted by Gasteiger charge is 2.01. The third kappa shape index (κ3) is 2.64. The molecule has 0 unspecified atom stereocenters. The van der Waals surface area contributed by atoms with Crippen molar-refractivity contribution in [2.45, 2.75) is 0 Å². The number of hydrogen-bond acceptors (Lipinski definition) is 2. The van der Waals surface area contributed by atoms with Crippen molar-refractivity contribution in [1.29, 1.82) is 0 Å². The van der Waals surface area contributed by atoms with Crippen LogP contribution in [0.5, 0.6) is 0 Å². The third-order valence-corrected chi connectivity index (χ3v) is 3.11. The van der Waals surface area contributed by atoms with E-state index in [4.69, 9.17) is 21.8 Å². The Morgan fingerprint density at radius 1 is 0.947 bits per heavy atom. The van der Waals surface area contributed by atoms with Crippen molar-refractivity contribution in [3.05, 3.63) is 64.9 Å². The van der Waals surface area contributed by atoms with Gasteiger partial charge in [0.05, 0.1) is 0 Å². The highest BCUT2D eigenvalue weighted by molar-refractivity contribution is 6.31. The average molecular weight is 270 g/mol. The Morgan fingerprint density at radius 2 is 1.74 bits per heavy atom. The zero-order valence-electron chi connectivity index (χ0n) is 10.1. The van der Waals surface area contributed by atoms with Gasteiger partial charge in [-0.05, 0) is 48.0 Å². The van der Waals surface area contributed by atoms with Crippen LogP contribution in [0.25, 0.3) is 23.1 Å². The van der Waals surface area contributed by atoms with Crippen LogP contribution in [0, 0.1) is 0 Å². The summed E-state index contributed by atoms with van der Waals surface area (Å²) in [6.07, 6.45) is 3.91. The molecule has 3 heteroatoms. The van der Waals surface area contributed by atoms with Gasteiger partial charge < -0.3 is 10.2 Å². The summed E-state index contributed by atoms with van der Waals surface area (Å²) >= 11 is 5.94. The number of furan rings is 1. The van der Waals surface area contributed by atoms with E-state index < -0.39 is 0 Å². The van der Waals surface area contributed by atoms with Gasteiger partial charge in [-0.25, -0.2) is 0 Å². The first kappa shape index (κ1) is 11.9. The number of rotatable bonds is 2. The minimum Gasteiger partial charge on any atom is -0.457 e. The van der Waals surface area contributed by atoms with E-state index in [2.05, 4.69) is 0 Å². The normalized spacial score (nSPS) is 11.4. The number of anilines is 1. The number of nitrogen functional groups attached to an aromatic ring is 1. The van der Waals surface area contributed by atoms with Gasteiger partial charge >= 0.3 is 0 Å². The monoisotopic (exact) mass is 269 g/mol. The Bertz CT molecular complexity index is 741. The Balaban J connectivity index is 1.90. The molecule has 0 radical (unpaired) electrons. The number of halogens is 1. The molecular formula is C16H12ClNO. The van der Waals surface area contributed by atoms with Crippen molar-refractivity contribution in [1.82, 2.24) is 0 Å². The zero-order chi connectivity index (χ0) is 13.2. The van der Waals surface area contributed by atoms with Gasteiger partial charge in [0.15, 0.2) is 0 Å². The Morgan fingerprint density at radius 3 is 2.53 bits per heavy atom. The molecule has 0 fully saturated rings. The lowest BCUT2D eigenvalue weighted by molar-refractivity contribution is 0.604. The Kier molecular flexibility index (Phi) is 3.02. The van der Waals surface area contributed by atoms with E-state index in [-0.39, 0.29) is 0 Å². The van der Waals surface area contributed by atoms with Crippen molar-refractivity contribution in [3.63, 3.8) is 0 Å². The molecule has 2 nitrogen and oxygen atoms in total. The van der Waals surface area contributed by atoms with Gasteiger partial charge in [0, 0.05) is 16.1 Å². The SMILES string of the molecule is Nc1ccc(/C=C/c2cc3cc(Cl)ccc3o2)cc1. The van der Waals surface area contributed by atoms with Crippen molar-refractivity contribution in [3.8, 4) is 0 Å². The fourth-order valence-electron chi connectivity index (χ4n) is 1.90. The van der Waals surface area contributed by atoms with E-state index in [9.17, 15) is 0 Å². The van der Waals surface area contributed by atoms with Gasteiger partial charge in [-0.15, -0.1) is 0 Å². The number of fused-ring (bicyclic) bond motifs is 1. The summed E-state index contributed by atoms with van der Waals surface area (Å²) < 4.78 is 5.70. The van der Waals surface area contributed by atoms with Gasteiger partial charge in [0.25, 0.3) is 0 Å². The zero-order valence-corrected chi connectivity index (χ0v) is 10.9. The molecule has 2 aromatic carbocycles. The quantitative estimate of drug-likeness (QED) is 0.676. The molecule has 0 aliphatic carbocycles. The molecule has 19 heavy (non-hydrogen) atoms. The molecule has 0 saturated carbocycles. The fourth-order valence-corrected chi connectivity index (χ4v) is 2.08. The van der Waals surface area contributed by atoms with Gasteiger partial charge in [-0.1, -0.05) is 29.8 Å². The predicted octanol–water partition coefficient (Wildman–Crippen LogP) is 4.84. The molecule has 0 spiro atoms. The summed E-state index contributed by atoms with van der Waals surface area (Å²) in [4.78, 5) is 0. The third-order valence-electron chi connectivity index (χ3n) is 2.87. The number of nitrogens with two attached hydrogens (primary N) is 1. The smallest absolute Gasteiger partial charge is 0.134 e. The highest BCUT2D eigenvalue weighted by atomic mass is 35.5. The summed E-state index contributed by atoms with van der Waals surface area (Å²) in [6.45, 7) is 0. The molecule has 3 rings (SSSR count). The van der Waals surface area contributed by atoms with Crippen LogP contribution >= 0.6 is 11.6 Å². The minimum absolute atomic E-state index is 0.711. The highest BCUT2D eigenvalue weighted by Crippen LogP contribution is 2.24. The van der Waals surface area contributed by atoms with E-state index in [1.54, 1.807) is 0 Å². The lowest BCUT2D eigenvalue weighted by atomic mass is 10.2. The number of hydrogen-bond donors (Lipinski definition) is 1. The average Bonchev–Trinajstić information content (AvgIpc) is 2.80. The molecule has 0 aliphatic rings. The van der Waals surface area contributed by atoms with Crippen molar-refractivity contribution in [2.75, 3.05) is 5.73 Å². The van der Waals surface area contributed by atoms with Crippen molar-refractivity contribution >= 4 is 40.4 Å². The van der Waals surface area contributed by atoms with E-state index >= 15 is 0 Å². The maximum atomic E-state index is 5.94. The van der Waals surface area contributed by atoms with E-state index in [0.29, 0.717) is 5.02 Å². The van der Waals surface area contributed by atoms with Crippen LogP contribution in [0.1, 0.15) is 11.3 Å². The molecule has 0 bridgehead atoms. The van der Waals surface area contributed by atoms with E-state index in [1.165, 1.54) is 0 Å². The van der Waals surface area contributed by atoms with Crippen LogP contribution in [-0.2, 0) is 0 Å². The standard InChI is InChI=1S/C16H12ClNO/c17-13-4-8-16-12(9-13)10-15(19-16)7-3-11-1-5-14(18)6-2-11/h1-10H,18H2/b7-3+. The summed E-state index contributed by atoms with van der Waals surface area (Å²) in [6, 6.07) is 15.2. The lowest BCUT2D eigenvalue weighted by Crippen LogP contribution is -1.82. The van der Waals surface area contributed by atoms with Gasteiger partial charge in [0.1, 0.15) is 11.3 Å². The summed E-state index contributed by atoms with van der Waals surface area (Å²) in [7, 11) is 0. The van der Waals surface area contributed by atoms with Crippen molar-refractivity contribution < 1.29 is 4.42 Å². The molecule has 0 saturated heterocycles. The molecule has 0 aliphatic heterocycles. The van der Waals surface area contributed by atoms with Crippen LogP contribution in [-0.4, -0.2) is 0 Å². The summed E-state index contributed by atoms with van der Waals surface area (Å²) in [5.74, 6) is 0.800. The second kappa shape index (κ2) is 4.82. The van der Waals surface area contributed by atoms with Gasteiger partial charge in [-0.2, -0.15) is 0 Å². The second-order valence-electron chi connectivity index (χ2n) is 4.33. The second-order valence-corrected chi connectivity index (χ2v) is 4.77. The minimum atomic E-state index is 0.711. The maximum absolute atomic E-state index is 5.94. The number of benzene rings is 2. The van der Waals surface area contributed by atoms with E-state index in [0.717, 1.165) is 28.0 Å². The molecule has 1 aromatic heterocycles. The first-order chi connectivity index (χ1) is 9.20. The van der Waals surface area contributed by atoms with Gasteiger partial charge in [0.2, 0.25) is 0 Å². The van der Waals surface area contributed by atoms with Crippen LogP contribution in [0.15, 0.2) is 52.9 Å². The molecule has 1 heterocycles. The molecule has 0 atom stereocenters. The van der Waals surface area contributed by atoms with E-state index in [1.807, 2.05) is 60.7 Å². The Hall–Kier alpha value is -2.19. The molecule has 94 valence electrons. The summed E-state index contributed by atoms with van der Waals surface area (Å²) in [5, 5.41) is 1.71. The predicted molar refractivity (Wildman–Crippen MR) is 81.0 cm³/mol. The maximum Gasteiger partial charge on any atom is 0.134 e. The van der Waals surface area contributed by atoms with Crippen LogP contribution in [0.3, 0.4) is 0 Å². The van der Waals surface area contributed by atoms with Crippen molar-refractivity contribution in [2.24, 2.45) is 0 Å². The lowest BCUT2D eigenvalue weighted by Gasteiger charge is -1.93. The van der Waals surface area contributed by atoms with Crippen LogP contribution in [0.2, 0.25) is 5.02 Å². The fraction of sp³-hybridized carbons (Fsp3) is 0. The van der Waals surface area contributed by atoms with Crippen LogP contribution < -0.4 is 5.73 Å². The molecule has 3 aromatic rings. The van der Waals surface area contributed by atoms with Crippen LogP contribution in [0.4, 0.5) is 5.69 Å². The topological polar surface area (TPSA) is 39.2 Å². The Labute approximate surface area is 116 Å². The molecule has 0 amide bonds.